The smallest absolute Gasteiger partial charge is 0.303 e. The van der Waals surface area contributed by atoms with Gasteiger partial charge < -0.3 is 10.4 Å². The molecular weight excluding hydrogens is 238 g/mol. The van der Waals surface area contributed by atoms with Crippen LogP contribution in [0.25, 0.3) is 0 Å². The summed E-state index contributed by atoms with van der Waals surface area (Å²) in [5.74, 6) is -0.901. The van der Waals surface area contributed by atoms with Gasteiger partial charge >= 0.3 is 5.97 Å². The largest absolute Gasteiger partial charge is 0.481 e. The Labute approximate surface area is 105 Å². The van der Waals surface area contributed by atoms with Crippen LogP contribution in [0.3, 0.4) is 0 Å². The molecule has 0 radical (unpaired) electrons. The van der Waals surface area contributed by atoms with Crippen molar-refractivity contribution in [3.8, 4) is 0 Å². The Hall–Kier alpha value is -1.36. The van der Waals surface area contributed by atoms with Gasteiger partial charge in [0.2, 0.25) is 5.91 Å². The molecule has 17 heavy (non-hydrogen) atoms. The number of hydrogen-bond donors (Lipinski definition) is 2. The topological polar surface area (TPSA) is 66.4 Å². The number of rotatable bonds is 6. The summed E-state index contributed by atoms with van der Waals surface area (Å²) in [7, 11) is 0. The van der Waals surface area contributed by atoms with E-state index in [-0.39, 0.29) is 12.3 Å². The molecule has 1 rings (SSSR count). The van der Waals surface area contributed by atoms with Gasteiger partial charge in [-0.05, 0) is 31.7 Å². The van der Waals surface area contributed by atoms with Crippen LogP contribution in [0.5, 0.6) is 0 Å². The molecule has 2 N–H and O–H groups in total. The van der Waals surface area contributed by atoms with Crippen LogP contribution in [0.4, 0.5) is 0 Å². The highest BCUT2D eigenvalue weighted by Crippen LogP contribution is 2.27. The van der Waals surface area contributed by atoms with Gasteiger partial charge in [0.15, 0.2) is 0 Å². The van der Waals surface area contributed by atoms with Crippen LogP contribution >= 0.6 is 11.3 Å². The minimum absolute atomic E-state index is 0.0645. The summed E-state index contributed by atoms with van der Waals surface area (Å²) in [5, 5.41) is 13.2. The van der Waals surface area contributed by atoms with Crippen molar-refractivity contribution in [1.29, 1.82) is 0 Å². The van der Waals surface area contributed by atoms with Crippen LogP contribution in [0, 0.1) is 0 Å². The Morgan fingerprint density at radius 1 is 1.47 bits per heavy atom. The van der Waals surface area contributed by atoms with Crippen molar-refractivity contribution in [3.05, 3.63) is 22.4 Å². The molecule has 0 spiro atoms. The van der Waals surface area contributed by atoms with Gasteiger partial charge in [0.25, 0.3) is 0 Å². The maximum Gasteiger partial charge on any atom is 0.303 e. The Morgan fingerprint density at radius 2 is 2.18 bits per heavy atom. The summed E-state index contributed by atoms with van der Waals surface area (Å²) >= 11 is 1.55. The molecule has 0 aliphatic carbocycles. The summed E-state index contributed by atoms with van der Waals surface area (Å²) < 4.78 is 0. The van der Waals surface area contributed by atoms with Crippen LogP contribution in [-0.4, -0.2) is 23.5 Å². The van der Waals surface area contributed by atoms with E-state index in [0.717, 1.165) is 4.88 Å². The number of thiophene rings is 1. The summed E-state index contributed by atoms with van der Waals surface area (Å²) in [6, 6.07) is 3.85. The van der Waals surface area contributed by atoms with E-state index < -0.39 is 11.4 Å². The molecule has 94 valence electrons. The molecule has 1 heterocycles. The van der Waals surface area contributed by atoms with Crippen LogP contribution in [0.2, 0.25) is 0 Å². The first-order valence-corrected chi connectivity index (χ1v) is 6.36. The molecule has 0 aromatic carbocycles. The Morgan fingerprint density at radius 3 is 2.71 bits per heavy atom. The molecule has 1 amide bonds. The predicted molar refractivity (Wildman–Crippen MR) is 67.2 cm³/mol. The normalized spacial score (nSPS) is 11.2. The first-order chi connectivity index (χ1) is 7.94. The number of amides is 1. The summed E-state index contributed by atoms with van der Waals surface area (Å²) in [5.41, 5.74) is -0.558. The lowest BCUT2D eigenvalue weighted by Crippen LogP contribution is -2.40. The molecule has 0 fully saturated rings. The minimum Gasteiger partial charge on any atom is -0.481 e. The lowest BCUT2D eigenvalue weighted by Gasteiger charge is -2.22. The summed E-state index contributed by atoms with van der Waals surface area (Å²) in [6.07, 6.45) is 0.543. The molecule has 0 aliphatic heterocycles. The van der Waals surface area contributed by atoms with Crippen LogP contribution in [0.15, 0.2) is 17.5 Å². The number of nitrogens with one attached hydrogen (secondary N) is 1. The van der Waals surface area contributed by atoms with E-state index in [1.54, 1.807) is 11.3 Å². The fraction of sp³-hybridized carbons (Fsp3) is 0.500. The zero-order valence-electron chi connectivity index (χ0n) is 10.0. The first-order valence-electron chi connectivity index (χ1n) is 5.48. The number of carboxylic acids is 1. The van der Waals surface area contributed by atoms with E-state index in [2.05, 4.69) is 5.32 Å². The number of carbonyl (C=O) groups excluding carboxylic acids is 1. The lowest BCUT2D eigenvalue weighted by molar-refractivity contribution is -0.137. The van der Waals surface area contributed by atoms with E-state index in [9.17, 15) is 9.59 Å². The van der Waals surface area contributed by atoms with Crippen LogP contribution < -0.4 is 5.32 Å². The third-order valence-corrected chi connectivity index (χ3v) is 3.75. The summed E-state index contributed by atoms with van der Waals surface area (Å²) in [6.45, 7) is 4.14. The fourth-order valence-corrected chi connectivity index (χ4v) is 2.26. The van der Waals surface area contributed by atoms with E-state index in [0.29, 0.717) is 13.0 Å². The maximum absolute atomic E-state index is 12.0. The number of aliphatic carboxylic acids is 1. The van der Waals surface area contributed by atoms with Gasteiger partial charge in [0.1, 0.15) is 0 Å². The monoisotopic (exact) mass is 255 g/mol. The van der Waals surface area contributed by atoms with Crippen molar-refractivity contribution >= 4 is 23.2 Å². The average Bonchev–Trinajstić information content (AvgIpc) is 2.77. The number of carbonyl (C=O) groups is 2. The van der Waals surface area contributed by atoms with Crippen molar-refractivity contribution in [1.82, 2.24) is 5.32 Å². The van der Waals surface area contributed by atoms with E-state index in [4.69, 9.17) is 5.11 Å². The minimum atomic E-state index is -0.836. The summed E-state index contributed by atoms with van der Waals surface area (Å²) in [4.78, 5) is 23.3. The molecule has 0 atom stereocenters. The maximum atomic E-state index is 12.0. The second-order valence-electron chi connectivity index (χ2n) is 4.36. The molecule has 0 bridgehead atoms. The average molecular weight is 255 g/mol. The molecule has 0 aliphatic rings. The zero-order chi connectivity index (χ0) is 12.9. The number of carboxylic acid groups (broad SMARTS) is 1. The van der Waals surface area contributed by atoms with Crippen LogP contribution in [-0.2, 0) is 15.0 Å². The highest BCUT2D eigenvalue weighted by molar-refractivity contribution is 7.10. The van der Waals surface area contributed by atoms with Crippen LogP contribution in [0.1, 0.15) is 31.6 Å². The standard InChI is InChI=1S/C12H17NO3S/c1-12(2,9-5-4-8-17-9)11(16)13-7-3-6-10(14)15/h4-5,8H,3,6-7H2,1-2H3,(H,13,16)(H,14,15). The van der Waals surface area contributed by atoms with Gasteiger partial charge in [-0.15, -0.1) is 11.3 Å². The third kappa shape index (κ3) is 3.85. The van der Waals surface area contributed by atoms with Crippen molar-refractivity contribution in [3.63, 3.8) is 0 Å². The quantitative estimate of drug-likeness (QED) is 0.764. The van der Waals surface area contributed by atoms with Crippen molar-refractivity contribution in [2.75, 3.05) is 6.54 Å². The molecular formula is C12H17NO3S. The molecule has 0 saturated carbocycles. The van der Waals surface area contributed by atoms with Crippen molar-refractivity contribution in [2.45, 2.75) is 32.1 Å². The van der Waals surface area contributed by atoms with E-state index in [1.165, 1.54) is 0 Å². The second kappa shape index (κ2) is 5.82. The van der Waals surface area contributed by atoms with Gasteiger partial charge in [-0.1, -0.05) is 6.07 Å². The highest BCUT2D eigenvalue weighted by Gasteiger charge is 2.30. The van der Waals surface area contributed by atoms with Crippen molar-refractivity contribution in [2.24, 2.45) is 0 Å². The van der Waals surface area contributed by atoms with Gasteiger partial charge in [-0.25, -0.2) is 0 Å². The van der Waals surface area contributed by atoms with E-state index in [1.807, 2.05) is 31.4 Å². The molecule has 1 aromatic heterocycles. The van der Waals surface area contributed by atoms with Gasteiger partial charge in [-0.2, -0.15) is 0 Å². The molecule has 0 unspecified atom stereocenters. The van der Waals surface area contributed by atoms with Gasteiger partial charge in [-0.3, -0.25) is 9.59 Å². The lowest BCUT2D eigenvalue weighted by atomic mass is 9.90. The first kappa shape index (κ1) is 13.7. The molecule has 5 heteroatoms. The van der Waals surface area contributed by atoms with Gasteiger partial charge in [0, 0.05) is 17.8 Å². The highest BCUT2D eigenvalue weighted by atomic mass is 32.1. The SMILES string of the molecule is CC(C)(C(=O)NCCCC(=O)O)c1cccs1. The predicted octanol–water partition coefficient (Wildman–Crippen LogP) is 2.01. The second-order valence-corrected chi connectivity index (χ2v) is 5.30. The third-order valence-electron chi connectivity index (χ3n) is 2.56. The Bertz CT molecular complexity index is 384. The molecule has 4 nitrogen and oxygen atoms in total. The van der Waals surface area contributed by atoms with E-state index >= 15 is 0 Å². The molecule has 1 aromatic rings. The molecule has 0 saturated heterocycles. The number of hydrogen-bond acceptors (Lipinski definition) is 3. The Kier molecular flexibility index (Phi) is 4.69. The van der Waals surface area contributed by atoms with Gasteiger partial charge in [0.05, 0.1) is 5.41 Å². The fourth-order valence-electron chi connectivity index (χ4n) is 1.41. The Balaban J connectivity index is 2.44. The van der Waals surface area contributed by atoms with Crippen molar-refractivity contribution < 1.29 is 14.7 Å². The zero-order valence-corrected chi connectivity index (χ0v) is 10.8.